The first-order valence-corrected chi connectivity index (χ1v) is 8.55. The number of benzene rings is 2. The number of rotatable bonds is 8. The fraction of sp³-hybridized carbons (Fsp3) is 0.150. The molecule has 0 unspecified atom stereocenters. The van der Waals surface area contributed by atoms with Gasteiger partial charge in [-0.1, -0.05) is 0 Å². The van der Waals surface area contributed by atoms with Gasteiger partial charge >= 0.3 is 0 Å². The summed E-state index contributed by atoms with van der Waals surface area (Å²) in [5.74, 6) is 1.39. The lowest BCUT2D eigenvalue weighted by atomic mass is 10.1. The van der Waals surface area contributed by atoms with Crippen LogP contribution in [0.1, 0.15) is 5.76 Å². The van der Waals surface area contributed by atoms with E-state index in [1.165, 1.54) is 31.4 Å². The number of non-ortho nitro benzene ring substituents is 1. The number of aliphatic hydroxyl groups excluding tert-OH is 1. The molecule has 1 heterocycles. The summed E-state index contributed by atoms with van der Waals surface area (Å²) in [6.07, 6.45) is 0. The van der Waals surface area contributed by atoms with Crippen LogP contribution in [-0.2, 0) is 11.4 Å². The first-order chi connectivity index (χ1) is 14.0. The maximum Gasteiger partial charge on any atom is 0.269 e. The largest absolute Gasteiger partial charge is 0.496 e. The second kappa shape index (κ2) is 8.89. The number of methoxy groups -OCH3 is 1. The summed E-state index contributed by atoms with van der Waals surface area (Å²) >= 11 is 0. The zero-order chi connectivity index (χ0) is 20.8. The molecular weight excluding hydrogens is 380 g/mol. The topological polar surface area (TPSA) is 124 Å². The second-order valence-corrected chi connectivity index (χ2v) is 5.93. The van der Waals surface area contributed by atoms with E-state index in [9.17, 15) is 14.9 Å². The Hall–Kier alpha value is -3.85. The first-order valence-electron chi connectivity index (χ1n) is 8.55. The number of amides is 1. The summed E-state index contributed by atoms with van der Waals surface area (Å²) in [6.45, 7) is -0.467. The van der Waals surface area contributed by atoms with Crippen LogP contribution in [0, 0.1) is 10.1 Å². The third-order valence-corrected chi connectivity index (χ3v) is 3.99. The molecule has 2 aromatic carbocycles. The van der Waals surface area contributed by atoms with Crippen LogP contribution < -0.4 is 14.8 Å². The van der Waals surface area contributed by atoms with Crippen molar-refractivity contribution in [2.75, 3.05) is 19.0 Å². The maximum absolute atomic E-state index is 12.1. The van der Waals surface area contributed by atoms with Crippen molar-refractivity contribution in [3.05, 3.63) is 70.5 Å². The Morgan fingerprint density at radius 1 is 1.17 bits per heavy atom. The molecule has 0 aliphatic rings. The van der Waals surface area contributed by atoms with Crippen LogP contribution in [0.5, 0.6) is 11.5 Å². The third-order valence-electron chi connectivity index (χ3n) is 3.99. The van der Waals surface area contributed by atoms with E-state index in [0.717, 1.165) is 0 Å². The van der Waals surface area contributed by atoms with Crippen molar-refractivity contribution in [1.29, 1.82) is 0 Å². The normalized spacial score (nSPS) is 10.4. The van der Waals surface area contributed by atoms with Gasteiger partial charge in [0.2, 0.25) is 0 Å². The summed E-state index contributed by atoms with van der Waals surface area (Å²) in [5.41, 5.74) is 1.11. The van der Waals surface area contributed by atoms with Crippen LogP contribution in [-0.4, -0.2) is 29.7 Å². The van der Waals surface area contributed by atoms with Gasteiger partial charge in [0.05, 0.1) is 17.6 Å². The highest BCUT2D eigenvalue weighted by molar-refractivity contribution is 5.92. The average molecular weight is 398 g/mol. The number of aliphatic hydroxyl groups is 1. The van der Waals surface area contributed by atoms with E-state index >= 15 is 0 Å². The van der Waals surface area contributed by atoms with Crippen molar-refractivity contribution in [3.63, 3.8) is 0 Å². The molecule has 29 heavy (non-hydrogen) atoms. The Bertz CT molecular complexity index is 1010. The number of nitro groups is 1. The molecule has 3 rings (SSSR count). The number of carbonyl (C=O) groups is 1. The highest BCUT2D eigenvalue weighted by Gasteiger charge is 2.13. The van der Waals surface area contributed by atoms with Gasteiger partial charge in [0.15, 0.2) is 6.61 Å². The van der Waals surface area contributed by atoms with Crippen LogP contribution in [0.3, 0.4) is 0 Å². The molecule has 0 radical (unpaired) electrons. The van der Waals surface area contributed by atoms with Gasteiger partial charge in [-0.05, 0) is 36.4 Å². The van der Waals surface area contributed by atoms with Gasteiger partial charge in [0, 0.05) is 23.9 Å². The maximum atomic E-state index is 12.1. The lowest BCUT2D eigenvalue weighted by Gasteiger charge is -2.11. The fourth-order valence-electron chi connectivity index (χ4n) is 2.59. The van der Waals surface area contributed by atoms with E-state index in [2.05, 4.69) is 5.32 Å². The van der Waals surface area contributed by atoms with E-state index in [1.54, 1.807) is 30.3 Å². The highest BCUT2D eigenvalue weighted by Crippen LogP contribution is 2.33. The second-order valence-electron chi connectivity index (χ2n) is 5.93. The SMILES string of the molecule is COc1cc(NC(=O)COc2ccc([N+](=O)[O-])cc2)ccc1-c1ccc(CO)o1. The summed E-state index contributed by atoms with van der Waals surface area (Å²) in [5, 5.41) is 22.5. The van der Waals surface area contributed by atoms with Crippen molar-refractivity contribution in [2.24, 2.45) is 0 Å². The summed E-state index contributed by atoms with van der Waals surface area (Å²) in [7, 11) is 1.50. The van der Waals surface area contributed by atoms with Crippen LogP contribution in [0.2, 0.25) is 0 Å². The fourth-order valence-corrected chi connectivity index (χ4v) is 2.59. The van der Waals surface area contributed by atoms with E-state index < -0.39 is 10.8 Å². The molecule has 1 amide bonds. The number of anilines is 1. The van der Waals surface area contributed by atoms with Crippen molar-refractivity contribution >= 4 is 17.3 Å². The Balaban J connectivity index is 1.63. The number of nitrogens with zero attached hydrogens (tertiary/aromatic N) is 1. The Labute approximate surface area is 165 Å². The van der Waals surface area contributed by atoms with Gasteiger partial charge in [-0.3, -0.25) is 14.9 Å². The molecule has 0 atom stereocenters. The molecule has 0 saturated heterocycles. The Morgan fingerprint density at radius 3 is 2.55 bits per heavy atom. The van der Waals surface area contributed by atoms with Gasteiger partial charge in [-0.25, -0.2) is 0 Å². The molecule has 0 spiro atoms. The number of nitro benzene ring substituents is 1. The summed E-state index contributed by atoms with van der Waals surface area (Å²) < 4.78 is 16.2. The van der Waals surface area contributed by atoms with Crippen molar-refractivity contribution < 1.29 is 28.7 Å². The highest BCUT2D eigenvalue weighted by atomic mass is 16.6. The van der Waals surface area contributed by atoms with Crippen LogP contribution in [0.4, 0.5) is 11.4 Å². The third kappa shape index (κ3) is 4.90. The predicted molar refractivity (Wildman–Crippen MR) is 104 cm³/mol. The molecular formula is C20H18N2O7. The molecule has 0 aliphatic carbocycles. The number of nitrogens with one attached hydrogen (secondary N) is 1. The minimum Gasteiger partial charge on any atom is -0.496 e. The molecule has 150 valence electrons. The van der Waals surface area contributed by atoms with Crippen molar-refractivity contribution in [2.45, 2.75) is 6.61 Å². The molecule has 0 fully saturated rings. The van der Waals surface area contributed by atoms with Crippen LogP contribution >= 0.6 is 0 Å². The number of ether oxygens (including phenoxy) is 2. The van der Waals surface area contributed by atoms with Crippen LogP contribution in [0.15, 0.2) is 59.0 Å². The molecule has 0 saturated carbocycles. The van der Waals surface area contributed by atoms with Gasteiger partial charge in [0.25, 0.3) is 11.6 Å². The standard InChI is InChI=1S/C20H18N2O7/c1-27-19-10-13(2-8-17(19)18-9-7-16(11-23)29-18)21-20(24)12-28-15-5-3-14(4-6-15)22(25)26/h2-10,23H,11-12H2,1H3,(H,21,24). The molecule has 1 aromatic heterocycles. The van der Waals surface area contributed by atoms with Gasteiger partial charge in [-0.2, -0.15) is 0 Å². The van der Waals surface area contributed by atoms with Crippen LogP contribution in [0.25, 0.3) is 11.3 Å². The van der Waals surface area contributed by atoms with E-state index in [1.807, 2.05) is 0 Å². The number of hydrogen-bond donors (Lipinski definition) is 2. The molecule has 9 nitrogen and oxygen atoms in total. The van der Waals surface area contributed by atoms with Crippen molar-refractivity contribution in [1.82, 2.24) is 0 Å². The minimum atomic E-state index is -0.513. The van der Waals surface area contributed by atoms with Gasteiger partial charge in [-0.15, -0.1) is 0 Å². The Kier molecular flexibility index (Phi) is 6.10. The zero-order valence-corrected chi connectivity index (χ0v) is 15.5. The first kappa shape index (κ1) is 19.9. The molecule has 3 aromatic rings. The average Bonchev–Trinajstić information content (AvgIpc) is 3.21. The van der Waals surface area contributed by atoms with E-state index in [0.29, 0.717) is 34.3 Å². The zero-order valence-electron chi connectivity index (χ0n) is 15.5. The monoisotopic (exact) mass is 398 g/mol. The van der Waals surface area contributed by atoms with Crippen molar-refractivity contribution in [3.8, 4) is 22.8 Å². The van der Waals surface area contributed by atoms with E-state index in [-0.39, 0.29) is 18.9 Å². The summed E-state index contributed by atoms with van der Waals surface area (Å²) in [4.78, 5) is 22.3. The molecule has 0 bridgehead atoms. The summed E-state index contributed by atoms with van der Waals surface area (Å²) in [6, 6.07) is 13.9. The number of carbonyl (C=O) groups excluding carboxylic acids is 1. The van der Waals surface area contributed by atoms with Gasteiger partial charge in [0.1, 0.15) is 29.6 Å². The Morgan fingerprint density at radius 2 is 1.93 bits per heavy atom. The predicted octanol–water partition coefficient (Wildman–Crippen LogP) is 3.37. The minimum absolute atomic E-state index is 0.0587. The smallest absolute Gasteiger partial charge is 0.269 e. The lowest BCUT2D eigenvalue weighted by Crippen LogP contribution is -2.20. The molecule has 2 N–H and O–H groups in total. The molecule has 0 aliphatic heterocycles. The van der Waals surface area contributed by atoms with E-state index in [4.69, 9.17) is 19.0 Å². The molecule has 9 heteroatoms. The number of hydrogen-bond acceptors (Lipinski definition) is 7. The van der Waals surface area contributed by atoms with Gasteiger partial charge < -0.3 is 24.3 Å². The quantitative estimate of drug-likeness (QED) is 0.440. The number of furan rings is 1. The lowest BCUT2D eigenvalue weighted by molar-refractivity contribution is -0.384.